The number of furan rings is 1. The topological polar surface area (TPSA) is 93.4 Å². The Kier molecular flexibility index (Phi) is 13.1. The number of rotatable bonds is 19. The molecule has 0 aliphatic carbocycles. The molecule has 0 fully saturated rings. The van der Waals surface area contributed by atoms with Crippen molar-refractivity contribution >= 4 is 10.1 Å². The minimum absolute atomic E-state index is 0.163. The van der Waals surface area contributed by atoms with E-state index in [2.05, 4.69) is 0 Å². The SMILES string of the molecule is Cc1oc([C@@H](OCc2ccccc2)[C@H](OCc2ccccc2)[C@@H](COCc2ccccc2)OCc2ccccc2)cc1COS(C)(=O)=O. The van der Waals surface area contributed by atoms with Crippen LogP contribution in [0.3, 0.4) is 0 Å². The van der Waals surface area contributed by atoms with Crippen molar-refractivity contribution in [3.63, 3.8) is 0 Å². The highest BCUT2D eigenvalue weighted by atomic mass is 32.2. The highest BCUT2D eigenvalue weighted by Crippen LogP contribution is 2.33. The molecule has 0 aliphatic rings. The van der Waals surface area contributed by atoms with Crippen molar-refractivity contribution < 1.29 is 36.0 Å². The fourth-order valence-corrected chi connectivity index (χ4v) is 5.48. The molecule has 1 aromatic heterocycles. The lowest BCUT2D eigenvalue weighted by molar-refractivity contribution is -0.174. The van der Waals surface area contributed by atoms with E-state index in [0.29, 0.717) is 30.3 Å². The van der Waals surface area contributed by atoms with E-state index < -0.39 is 28.4 Å². The summed E-state index contributed by atoms with van der Waals surface area (Å²) < 4.78 is 61.3. The van der Waals surface area contributed by atoms with Gasteiger partial charge in [0, 0.05) is 5.56 Å². The average Bonchev–Trinajstić information content (AvgIpc) is 3.48. The number of ether oxygens (including phenoxy) is 4. The number of benzene rings is 4. The minimum atomic E-state index is -3.67. The summed E-state index contributed by atoms with van der Waals surface area (Å²) in [4.78, 5) is 0. The molecular formula is C39H42O8S. The second kappa shape index (κ2) is 17.9. The van der Waals surface area contributed by atoms with E-state index in [9.17, 15) is 8.42 Å². The number of aryl methyl sites for hydroxylation is 1. The Morgan fingerprint density at radius 3 is 1.56 bits per heavy atom. The molecule has 0 radical (unpaired) electrons. The van der Waals surface area contributed by atoms with Gasteiger partial charge in [0.2, 0.25) is 0 Å². The smallest absolute Gasteiger partial charge is 0.264 e. The normalized spacial score (nSPS) is 13.6. The van der Waals surface area contributed by atoms with Gasteiger partial charge in [0.25, 0.3) is 10.1 Å². The maximum atomic E-state index is 11.8. The quantitative estimate of drug-likeness (QED) is 0.0826. The van der Waals surface area contributed by atoms with Crippen LogP contribution >= 0.6 is 0 Å². The van der Waals surface area contributed by atoms with Gasteiger partial charge >= 0.3 is 0 Å². The lowest BCUT2D eigenvalue weighted by Crippen LogP contribution is -2.41. The predicted octanol–water partition coefficient (Wildman–Crippen LogP) is 7.71. The Balaban J connectivity index is 1.50. The largest absolute Gasteiger partial charge is 0.463 e. The third kappa shape index (κ3) is 11.3. The lowest BCUT2D eigenvalue weighted by atomic mass is 10.0. The number of hydrogen-bond donors (Lipinski definition) is 0. The summed E-state index contributed by atoms with van der Waals surface area (Å²) in [6.07, 6.45) is -1.05. The van der Waals surface area contributed by atoms with Gasteiger partial charge in [-0.15, -0.1) is 0 Å². The van der Waals surface area contributed by atoms with Gasteiger partial charge in [0.05, 0.1) is 45.9 Å². The average molecular weight is 671 g/mol. The highest BCUT2D eigenvalue weighted by Gasteiger charge is 2.36. The second-order valence-electron chi connectivity index (χ2n) is 11.5. The van der Waals surface area contributed by atoms with Crippen molar-refractivity contribution in [2.75, 3.05) is 12.9 Å². The number of hydrogen-bond acceptors (Lipinski definition) is 8. The zero-order valence-electron chi connectivity index (χ0n) is 27.3. The molecule has 0 N–H and O–H groups in total. The van der Waals surface area contributed by atoms with Crippen LogP contribution in [-0.2, 0) is 66.3 Å². The zero-order valence-corrected chi connectivity index (χ0v) is 28.1. The Morgan fingerprint density at radius 2 is 1.06 bits per heavy atom. The first kappa shape index (κ1) is 35.2. The summed E-state index contributed by atoms with van der Waals surface area (Å²) in [5.41, 5.74) is 4.58. The summed E-state index contributed by atoms with van der Waals surface area (Å²) in [6, 6.07) is 41.4. The third-order valence-corrected chi connectivity index (χ3v) is 8.22. The van der Waals surface area contributed by atoms with Crippen LogP contribution in [0.15, 0.2) is 132 Å². The van der Waals surface area contributed by atoms with Gasteiger partial charge in [-0.2, -0.15) is 8.42 Å². The van der Waals surface area contributed by atoms with Crippen molar-refractivity contribution in [3.8, 4) is 0 Å². The van der Waals surface area contributed by atoms with Gasteiger partial charge in [-0.25, -0.2) is 0 Å². The van der Waals surface area contributed by atoms with Gasteiger partial charge in [0.1, 0.15) is 29.8 Å². The fraction of sp³-hybridized carbons (Fsp3) is 0.282. The molecule has 9 heteroatoms. The molecule has 48 heavy (non-hydrogen) atoms. The van der Waals surface area contributed by atoms with Gasteiger partial charge in [-0.1, -0.05) is 121 Å². The van der Waals surface area contributed by atoms with Gasteiger partial charge in [-0.05, 0) is 35.2 Å². The molecule has 252 valence electrons. The molecule has 0 saturated heterocycles. The Bertz CT molecular complexity index is 1740. The molecule has 5 rings (SSSR count). The molecule has 0 aliphatic heterocycles. The van der Waals surface area contributed by atoms with Gasteiger partial charge in [0.15, 0.2) is 0 Å². The van der Waals surface area contributed by atoms with Gasteiger partial charge in [-0.3, -0.25) is 4.18 Å². The lowest BCUT2D eigenvalue weighted by Gasteiger charge is -2.33. The van der Waals surface area contributed by atoms with Crippen LogP contribution in [0, 0.1) is 6.92 Å². The van der Waals surface area contributed by atoms with Crippen LogP contribution in [-0.4, -0.2) is 33.5 Å². The van der Waals surface area contributed by atoms with E-state index in [1.165, 1.54) is 0 Å². The third-order valence-electron chi connectivity index (χ3n) is 7.67. The van der Waals surface area contributed by atoms with E-state index in [-0.39, 0.29) is 26.4 Å². The molecule has 3 atom stereocenters. The molecule has 0 bridgehead atoms. The Labute approximate surface area is 283 Å². The van der Waals surface area contributed by atoms with Crippen molar-refractivity contribution in [3.05, 3.63) is 167 Å². The summed E-state index contributed by atoms with van der Waals surface area (Å²) in [7, 11) is -3.67. The molecule has 0 amide bonds. The van der Waals surface area contributed by atoms with E-state index in [1.54, 1.807) is 13.0 Å². The minimum Gasteiger partial charge on any atom is -0.463 e. The molecule has 0 saturated carbocycles. The van der Waals surface area contributed by atoms with Crippen LogP contribution in [0.25, 0.3) is 0 Å². The summed E-state index contributed by atoms with van der Waals surface area (Å²) in [5, 5.41) is 0. The second-order valence-corrected chi connectivity index (χ2v) is 13.2. The van der Waals surface area contributed by atoms with Crippen LogP contribution in [0.4, 0.5) is 0 Å². The molecule has 4 aromatic carbocycles. The fourth-order valence-electron chi connectivity index (χ4n) is 5.14. The van der Waals surface area contributed by atoms with E-state index in [0.717, 1.165) is 28.5 Å². The Morgan fingerprint density at radius 1 is 0.604 bits per heavy atom. The van der Waals surface area contributed by atoms with Crippen LogP contribution in [0.5, 0.6) is 0 Å². The monoisotopic (exact) mass is 670 g/mol. The summed E-state index contributed by atoms with van der Waals surface area (Å²) >= 11 is 0. The Hall–Kier alpha value is -4.09. The van der Waals surface area contributed by atoms with Crippen molar-refractivity contribution in [2.45, 2.75) is 58.3 Å². The molecule has 5 aromatic rings. The van der Waals surface area contributed by atoms with E-state index >= 15 is 0 Å². The standard InChI is InChI=1S/C39H42O8S/c1-30-35(28-46-48(2,40)41)23-36(47-30)38(44-26-33-19-11-5-12-20-33)39(45-27-34-21-13-6-14-22-34)37(43-25-32-17-9-4-10-18-32)29-42-24-31-15-7-3-8-16-31/h3-23,37-39H,24-29H2,1-2H3/t37-,38-,39-/m1/s1. The van der Waals surface area contributed by atoms with E-state index in [4.69, 9.17) is 27.5 Å². The van der Waals surface area contributed by atoms with E-state index in [1.807, 2.05) is 121 Å². The zero-order chi connectivity index (χ0) is 33.6. The predicted molar refractivity (Wildman–Crippen MR) is 183 cm³/mol. The molecule has 1 heterocycles. The van der Waals surface area contributed by atoms with Crippen molar-refractivity contribution in [1.29, 1.82) is 0 Å². The van der Waals surface area contributed by atoms with Crippen molar-refractivity contribution in [2.24, 2.45) is 0 Å². The van der Waals surface area contributed by atoms with Crippen LogP contribution in [0.2, 0.25) is 0 Å². The van der Waals surface area contributed by atoms with Crippen LogP contribution in [0.1, 0.15) is 45.4 Å². The first-order valence-corrected chi connectivity index (χ1v) is 17.7. The first-order chi connectivity index (χ1) is 23.3. The highest BCUT2D eigenvalue weighted by molar-refractivity contribution is 7.85. The summed E-state index contributed by atoms with van der Waals surface area (Å²) in [5.74, 6) is 0.982. The van der Waals surface area contributed by atoms with Gasteiger partial charge < -0.3 is 23.4 Å². The summed E-state index contributed by atoms with van der Waals surface area (Å²) in [6.45, 7) is 3.07. The first-order valence-electron chi connectivity index (χ1n) is 15.9. The molecule has 8 nitrogen and oxygen atoms in total. The molecule has 0 spiro atoms. The molecular weight excluding hydrogens is 628 g/mol. The molecule has 0 unspecified atom stereocenters. The van der Waals surface area contributed by atoms with Crippen LogP contribution < -0.4 is 0 Å². The van der Waals surface area contributed by atoms with Crippen molar-refractivity contribution in [1.82, 2.24) is 0 Å². The maximum Gasteiger partial charge on any atom is 0.264 e. The maximum absolute atomic E-state index is 11.8.